The van der Waals surface area contributed by atoms with Gasteiger partial charge >= 0.3 is 0 Å². The molecule has 0 N–H and O–H groups in total. The van der Waals surface area contributed by atoms with Gasteiger partial charge in [-0.05, 0) is 77.4 Å². The molecule has 0 atom stereocenters. The van der Waals surface area contributed by atoms with Gasteiger partial charge in [0.1, 0.15) is 22.3 Å². The minimum atomic E-state index is 0.556. The maximum Gasteiger partial charge on any atom is 0.164 e. The average molecular weight is 807 g/mol. The zero-order valence-electron chi connectivity index (χ0n) is 33.7. The van der Waals surface area contributed by atoms with Gasteiger partial charge < -0.3 is 13.4 Å². The maximum absolute atomic E-state index is 6.87. The topological polar surface area (TPSA) is 69.9 Å². The zero-order valence-corrected chi connectivity index (χ0v) is 33.7. The molecule has 0 fully saturated rings. The minimum Gasteiger partial charge on any atom is -0.456 e. The van der Waals surface area contributed by atoms with E-state index in [0.717, 1.165) is 88.4 Å². The molecule has 0 aliphatic rings. The molecule has 0 radical (unpaired) electrons. The van der Waals surface area contributed by atoms with Gasteiger partial charge in [-0.3, -0.25) is 0 Å². The number of fused-ring (bicyclic) bond motifs is 9. The number of aromatic nitrogens is 4. The molecule has 13 aromatic rings. The summed E-state index contributed by atoms with van der Waals surface area (Å²) in [7, 11) is 0. The van der Waals surface area contributed by atoms with Gasteiger partial charge in [-0.15, -0.1) is 0 Å². The molecule has 0 aliphatic heterocycles. The van der Waals surface area contributed by atoms with E-state index in [2.05, 4.69) is 156 Å². The van der Waals surface area contributed by atoms with Crippen molar-refractivity contribution >= 4 is 65.7 Å². The summed E-state index contributed by atoms with van der Waals surface area (Å²) in [6.45, 7) is 0. The van der Waals surface area contributed by atoms with Gasteiger partial charge in [-0.25, -0.2) is 15.0 Å². The van der Waals surface area contributed by atoms with Crippen LogP contribution < -0.4 is 0 Å². The van der Waals surface area contributed by atoms with Crippen molar-refractivity contribution in [1.82, 2.24) is 19.5 Å². The van der Waals surface area contributed by atoms with Crippen LogP contribution in [0.4, 0.5) is 0 Å². The molecule has 0 aliphatic carbocycles. The molecule has 0 spiro atoms. The second-order valence-electron chi connectivity index (χ2n) is 16.0. The monoisotopic (exact) mass is 806 g/mol. The van der Waals surface area contributed by atoms with Crippen molar-refractivity contribution in [3.8, 4) is 62.1 Å². The highest BCUT2D eigenvalue weighted by Gasteiger charge is 2.20. The van der Waals surface area contributed by atoms with Crippen LogP contribution in [0.25, 0.3) is 128 Å². The lowest BCUT2D eigenvalue weighted by Gasteiger charge is -2.09. The Labute approximate surface area is 361 Å². The Hall–Kier alpha value is -8.61. The third-order valence-electron chi connectivity index (χ3n) is 12.3. The van der Waals surface area contributed by atoms with E-state index in [4.69, 9.17) is 23.8 Å². The minimum absolute atomic E-state index is 0.556. The fourth-order valence-electron chi connectivity index (χ4n) is 9.23. The van der Waals surface area contributed by atoms with Crippen molar-refractivity contribution in [2.24, 2.45) is 0 Å². The molecule has 63 heavy (non-hydrogen) atoms. The molecule has 4 aromatic heterocycles. The van der Waals surface area contributed by atoms with Crippen LogP contribution in [0.2, 0.25) is 0 Å². The fourth-order valence-corrected chi connectivity index (χ4v) is 9.23. The highest BCUT2D eigenvalue weighted by Crippen LogP contribution is 2.41. The van der Waals surface area contributed by atoms with Crippen LogP contribution in [-0.4, -0.2) is 19.5 Å². The first kappa shape index (κ1) is 35.2. The van der Waals surface area contributed by atoms with Gasteiger partial charge in [0.2, 0.25) is 0 Å². The van der Waals surface area contributed by atoms with Gasteiger partial charge in [0.25, 0.3) is 0 Å². The second kappa shape index (κ2) is 14.0. The smallest absolute Gasteiger partial charge is 0.164 e. The van der Waals surface area contributed by atoms with E-state index in [0.29, 0.717) is 17.5 Å². The molecule has 4 heterocycles. The van der Waals surface area contributed by atoms with E-state index < -0.39 is 0 Å². The first-order valence-corrected chi connectivity index (χ1v) is 21.1. The van der Waals surface area contributed by atoms with Crippen molar-refractivity contribution in [2.75, 3.05) is 0 Å². The summed E-state index contributed by atoms with van der Waals surface area (Å²) in [5.41, 5.74) is 13.7. The first-order valence-electron chi connectivity index (χ1n) is 21.1. The second-order valence-corrected chi connectivity index (χ2v) is 16.0. The van der Waals surface area contributed by atoms with Crippen LogP contribution in [-0.2, 0) is 0 Å². The lowest BCUT2D eigenvalue weighted by molar-refractivity contribution is 0.669. The van der Waals surface area contributed by atoms with E-state index in [-0.39, 0.29) is 0 Å². The zero-order chi connectivity index (χ0) is 41.4. The third kappa shape index (κ3) is 5.76. The summed E-state index contributed by atoms with van der Waals surface area (Å²) in [4.78, 5) is 15.1. The Morgan fingerprint density at radius 1 is 0.302 bits per heavy atom. The third-order valence-corrected chi connectivity index (χ3v) is 12.3. The molecule has 0 saturated heterocycles. The average Bonchev–Trinajstić information content (AvgIpc) is 4.03. The van der Waals surface area contributed by atoms with Gasteiger partial charge in [0, 0.05) is 60.3 Å². The number of benzene rings is 9. The number of hydrogen-bond acceptors (Lipinski definition) is 5. The first-order chi connectivity index (χ1) is 31.2. The Balaban J connectivity index is 0.946. The highest BCUT2D eigenvalue weighted by molar-refractivity contribution is 6.14. The number of para-hydroxylation sites is 3. The number of furan rings is 2. The van der Waals surface area contributed by atoms with Crippen molar-refractivity contribution in [1.29, 1.82) is 0 Å². The number of hydrogen-bond donors (Lipinski definition) is 0. The molecule has 0 bridgehead atoms. The van der Waals surface area contributed by atoms with Crippen LogP contribution in [0.5, 0.6) is 0 Å². The summed E-state index contributed by atoms with van der Waals surface area (Å²) >= 11 is 0. The lowest BCUT2D eigenvalue weighted by Crippen LogP contribution is -2.00. The Bertz CT molecular complexity index is 3900. The number of rotatable bonds is 6. The molecule has 9 aromatic carbocycles. The van der Waals surface area contributed by atoms with Gasteiger partial charge in [-0.1, -0.05) is 146 Å². The molecule has 0 unspecified atom stereocenters. The van der Waals surface area contributed by atoms with Crippen molar-refractivity contribution < 1.29 is 8.83 Å². The normalized spacial score (nSPS) is 11.8. The summed E-state index contributed by atoms with van der Waals surface area (Å²) in [5.74, 6) is 1.71. The molecule has 294 valence electrons. The van der Waals surface area contributed by atoms with Crippen molar-refractivity contribution in [2.45, 2.75) is 0 Å². The molecule has 13 rings (SSSR count). The predicted molar refractivity (Wildman–Crippen MR) is 256 cm³/mol. The quantitative estimate of drug-likeness (QED) is 0.167. The molecular formula is C57H34N4O2. The number of nitrogens with zero attached hydrogens (tertiary/aromatic N) is 4. The van der Waals surface area contributed by atoms with Crippen molar-refractivity contribution in [3.63, 3.8) is 0 Å². The molecular weight excluding hydrogens is 773 g/mol. The Morgan fingerprint density at radius 2 is 0.857 bits per heavy atom. The van der Waals surface area contributed by atoms with E-state index >= 15 is 0 Å². The molecule has 6 nitrogen and oxygen atoms in total. The van der Waals surface area contributed by atoms with E-state index in [9.17, 15) is 0 Å². The van der Waals surface area contributed by atoms with E-state index in [1.165, 1.54) is 21.9 Å². The summed E-state index contributed by atoms with van der Waals surface area (Å²) < 4.78 is 15.5. The van der Waals surface area contributed by atoms with Crippen LogP contribution in [0.1, 0.15) is 0 Å². The standard InChI is InChI=1S/C57H34N4O2/c1-4-13-35(14-5-1)37-26-30-49-48(31-37)43-27-23-38(32-50(43)61(49)41-17-8-3-9-18-41)42-20-12-21-47-46-29-25-40(34-53(46)63-54(42)47)57-59-55(36-15-6-2-7-16-36)58-56(60-57)39-24-28-45-44-19-10-11-22-51(44)62-52(45)33-39/h1-34H. The van der Waals surface area contributed by atoms with Gasteiger partial charge in [-0.2, -0.15) is 0 Å². The maximum atomic E-state index is 6.87. The summed E-state index contributed by atoms with van der Waals surface area (Å²) in [5, 5.41) is 6.61. The van der Waals surface area contributed by atoms with E-state index in [1.807, 2.05) is 54.6 Å². The fraction of sp³-hybridized carbons (Fsp3) is 0. The van der Waals surface area contributed by atoms with Crippen molar-refractivity contribution in [3.05, 3.63) is 206 Å². The highest BCUT2D eigenvalue weighted by atomic mass is 16.3. The lowest BCUT2D eigenvalue weighted by atomic mass is 9.99. The van der Waals surface area contributed by atoms with Gasteiger partial charge in [0.05, 0.1) is 11.0 Å². The van der Waals surface area contributed by atoms with E-state index in [1.54, 1.807) is 0 Å². The Kier molecular flexibility index (Phi) is 7.80. The summed E-state index contributed by atoms with van der Waals surface area (Å²) in [6, 6.07) is 71.7. The predicted octanol–water partition coefficient (Wildman–Crippen LogP) is 15.1. The summed E-state index contributed by atoms with van der Waals surface area (Å²) in [6.07, 6.45) is 0. The van der Waals surface area contributed by atoms with Crippen LogP contribution in [0.15, 0.2) is 215 Å². The molecule has 0 amide bonds. The van der Waals surface area contributed by atoms with Gasteiger partial charge in [0.15, 0.2) is 17.5 Å². The van der Waals surface area contributed by atoms with Crippen LogP contribution in [0, 0.1) is 0 Å². The largest absolute Gasteiger partial charge is 0.456 e. The van der Waals surface area contributed by atoms with Crippen LogP contribution in [0.3, 0.4) is 0 Å². The van der Waals surface area contributed by atoms with Crippen LogP contribution >= 0.6 is 0 Å². The SMILES string of the molecule is c1ccc(-c2ccc3c(c2)c2ccc(-c4cccc5c4oc4cc(-c6nc(-c7ccccc7)nc(-c7ccc8c(c7)oc7ccccc78)n6)ccc45)cc2n3-c2ccccc2)cc1. The molecule has 6 heteroatoms. The molecule has 0 saturated carbocycles. The Morgan fingerprint density at radius 3 is 1.60 bits per heavy atom.